The highest BCUT2D eigenvalue weighted by molar-refractivity contribution is 5.82. The lowest BCUT2D eigenvalue weighted by molar-refractivity contribution is -0.156. The second-order valence-corrected chi connectivity index (χ2v) is 4.78. The van der Waals surface area contributed by atoms with E-state index in [9.17, 15) is 9.59 Å². The average Bonchev–Trinajstić information content (AvgIpc) is 2.13. The largest absolute Gasteiger partial charge is 0.459 e. The van der Waals surface area contributed by atoms with Crippen LogP contribution in [0.25, 0.3) is 0 Å². The lowest BCUT2D eigenvalue weighted by Crippen LogP contribution is -2.29. The average molecular weight is 239 g/mol. The van der Waals surface area contributed by atoms with Crippen LogP contribution in [0.15, 0.2) is 5.57 Å². The van der Waals surface area contributed by atoms with Crippen molar-refractivity contribution in [3.8, 4) is 6.07 Å². The zero-order chi connectivity index (χ0) is 13.6. The molecule has 0 aliphatic rings. The van der Waals surface area contributed by atoms with Gasteiger partial charge in [0.1, 0.15) is 11.5 Å². The molecule has 5 heteroatoms. The molecule has 0 rings (SSSR count). The maximum atomic E-state index is 11.6. The molecule has 0 saturated heterocycles. The van der Waals surface area contributed by atoms with Gasteiger partial charge in [-0.05, 0) is 27.7 Å². The van der Waals surface area contributed by atoms with Crippen LogP contribution in [0.4, 0.5) is 0 Å². The van der Waals surface area contributed by atoms with Crippen LogP contribution in [0.3, 0.4) is 0 Å². The van der Waals surface area contributed by atoms with E-state index in [-0.39, 0.29) is 12.0 Å². The highest BCUT2D eigenvalue weighted by Gasteiger charge is 2.29. The maximum Gasteiger partial charge on any atom is 0.328 e. The van der Waals surface area contributed by atoms with Crippen LogP contribution >= 0.6 is 0 Å². The molecule has 0 aromatic heterocycles. The van der Waals surface area contributed by atoms with Crippen molar-refractivity contribution in [1.29, 1.82) is 5.26 Å². The lowest BCUT2D eigenvalue weighted by Gasteiger charge is -2.21. The fourth-order valence-electron chi connectivity index (χ4n) is 1.17. The zero-order valence-electron chi connectivity index (χ0n) is 10.5. The Morgan fingerprint density at radius 3 is 2.29 bits per heavy atom. The summed E-state index contributed by atoms with van der Waals surface area (Å²) in [6.45, 7) is 6.45. The van der Waals surface area contributed by atoms with Crippen LogP contribution < -0.4 is 0 Å². The molecule has 0 aliphatic carbocycles. The minimum atomic E-state index is -1.30. The van der Waals surface area contributed by atoms with Crippen molar-refractivity contribution in [2.45, 2.75) is 45.8 Å². The van der Waals surface area contributed by atoms with Crippen LogP contribution in [0.5, 0.6) is 0 Å². The number of esters is 1. The molecule has 0 bridgehead atoms. The third kappa shape index (κ3) is 5.86. The predicted molar refractivity (Wildman–Crippen MR) is 60.5 cm³/mol. The van der Waals surface area contributed by atoms with Gasteiger partial charge in [0.2, 0.25) is 0 Å². The van der Waals surface area contributed by atoms with Crippen LogP contribution in [-0.4, -0.2) is 28.7 Å². The fourth-order valence-corrected chi connectivity index (χ4v) is 1.17. The number of ether oxygens (including phenoxy) is 1. The first-order chi connectivity index (χ1) is 7.71. The fraction of sp³-hybridized carbons (Fsp3) is 0.667. The number of nitriles is 1. The third-order valence-electron chi connectivity index (χ3n) is 1.77. The Balaban J connectivity index is 4.90. The number of hydrogen-bond acceptors (Lipinski definition) is 5. The Labute approximate surface area is 101 Å². The van der Waals surface area contributed by atoms with Gasteiger partial charge in [-0.1, -0.05) is 0 Å². The predicted octanol–water partition coefficient (Wildman–Crippen LogP) is 0.997. The van der Waals surface area contributed by atoms with Gasteiger partial charge in [0, 0.05) is 12.0 Å². The summed E-state index contributed by atoms with van der Waals surface area (Å²) in [4.78, 5) is 22.3. The van der Waals surface area contributed by atoms with Crippen molar-refractivity contribution in [3.63, 3.8) is 0 Å². The van der Waals surface area contributed by atoms with E-state index in [0.717, 1.165) is 0 Å². The van der Waals surface area contributed by atoms with Gasteiger partial charge in [-0.2, -0.15) is 5.26 Å². The summed E-state index contributed by atoms with van der Waals surface area (Å²) in [6.07, 6.45) is -0.884. The van der Waals surface area contributed by atoms with Crippen molar-refractivity contribution >= 4 is 11.9 Å². The molecule has 94 valence electrons. The molecule has 0 heterocycles. The van der Waals surface area contributed by atoms with Crippen molar-refractivity contribution in [2.75, 3.05) is 0 Å². The molecule has 0 saturated carbocycles. The number of rotatable bonds is 4. The highest BCUT2D eigenvalue weighted by atomic mass is 16.6. The van der Waals surface area contributed by atoms with Gasteiger partial charge < -0.3 is 9.84 Å². The summed E-state index contributed by atoms with van der Waals surface area (Å²) < 4.78 is 5.01. The molecule has 0 amide bonds. The molecule has 0 aromatic rings. The number of aliphatic hydroxyl groups is 1. The van der Waals surface area contributed by atoms with Crippen LogP contribution in [0, 0.1) is 17.2 Å². The molecular formula is C12H17NO4. The highest BCUT2D eigenvalue weighted by Crippen LogP contribution is 2.18. The Hall–Kier alpha value is -1.63. The molecule has 17 heavy (non-hydrogen) atoms. The number of hydrogen-bond donors (Lipinski definition) is 1. The van der Waals surface area contributed by atoms with Gasteiger partial charge in [-0.25, -0.2) is 4.79 Å². The van der Waals surface area contributed by atoms with Gasteiger partial charge in [0.05, 0.1) is 12.2 Å². The number of nitrogens with zero attached hydrogens (tertiary/aromatic N) is 1. The molecule has 0 fully saturated rings. The van der Waals surface area contributed by atoms with Gasteiger partial charge >= 0.3 is 5.97 Å². The molecule has 2 atom stereocenters. The number of carbonyl (C=O) groups is 1. The summed E-state index contributed by atoms with van der Waals surface area (Å²) in [7, 11) is 0. The Morgan fingerprint density at radius 1 is 1.47 bits per heavy atom. The molecule has 0 radical (unpaired) electrons. The minimum absolute atomic E-state index is 0.0685. The second kappa shape index (κ2) is 6.19. The van der Waals surface area contributed by atoms with E-state index in [2.05, 4.69) is 0 Å². The molecule has 0 aliphatic heterocycles. The quantitative estimate of drug-likeness (QED) is 0.584. The van der Waals surface area contributed by atoms with Crippen molar-refractivity contribution < 1.29 is 19.4 Å². The Morgan fingerprint density at radius 2 is 2.00 bits per heavy atom. The summed E-state index contributed by atoms with van der Waals surface area (Å²) in [5, 5.41) is 18.0. The first kappa shape index (κ1) is 15.4. The van der Waals surface area contributed by atoms with Crippen molar-refractivity contribution in [2.24, 2.45) is 5.92 Å². The Kier molecular flexibility index (Phi) is 5.60. The number of carbonyl (C=O) groups excluding carboxylic acids is 2. The Bertz CT molecular complexity index is 367. The standard InChI is InChI=1S/C12H17NO4/c1-8(15)5-9(7-14)10(6-13)11(16)17-12(2,3)4/h8,10,15H,5H2,1-4H3. The van der Waals surface area contributed by atoms with Crippen molar-refractivity contribution in [1.82, 2.24) is 0 Å². The summed E-state index contributed by atoms with van der Waals surface area (Å²) >= 11 is 0. The third-order valence-corrected chi connectivity index (χ3v) is 1.77. The molecule has 2 unspecified atom stereocenters. The van der Waals surface area contributed by atoms with E-state index in [0.29, 0.717) is 0 Å². The van der Waals surface area contributed by atoms with Crippen molar-refractivity contribution in [3.05, 3.63) is 5.57 Å². The van der Waals surface area contributed by atoms with E-state index in [4.69, 9.17) is 15.1 Å². The maximum absolute atomic E-state index is 11.6. The number of aliphatic hydroxyl groups excluding tert-OH is 1. The van der Waals surface area contributed by atoms with E-state index in [1.165, 1.54) is 12.9 Å². The van der Waals surface area contributed by atoms with E-state index >= 15 is 0 Å². The van der Waals surface area contributed by atoms with E-state index < -0.39 is 23.6 Å². The summed E-state index contributed by atoms with van der Waals surface area (Å²) in [5.74, 6) is -0.563. The lowest BCUT2D eigenvalue weighted by atomic mass is 9.96. The molecule has 0 spiro atoms. The molecular weight excluding hydrogens is 222 g/mol. The van der Waals surface area contributed by atoms with E-state index in [1.54, 1.807) is 26.8 Å². The van der Waals surface area contributed by atoms with E-state index in [1.807, 2.05) is 0 Å². The van der Waals surface area contributed by atoms with Crippen LogP contribution in [0.2, 0.25) is 0 Å². The van der Waals surface area contributed by atoms with Gasteiger partial charge in [0.25, 0.3) is 0 Å². The summed E-state index contributed by atoms with van der Waals surface area (Å²) in [5.41, 5.74) is -0.817. The van der Waals surface area contributed by atoms with Crippen LogP contribution in [0.1, 0.15) is 34.1 Å². The van der Waals surface area contributed by atoms with Crippen LogP contribution in [-0.2, 0) is 14.3 Å². The smallest absolute Gasteiger partial charge is 0.328 e. The first-order valence-corrected chi connectivity index (χ1v) is 5.25. The molecule has 0 aromatic carbocycles. The van der Waals surface area contributed by atoms with Gasteiger partial charge in [-0.3, -0.25) is 4.79 Å². The topological polar surface area (TPSA) is 87.4 Å². The second-order valence-electron chi connectivity index (χ2n) is 4.78. The molecule has 5 nitrogen and oxygen atoms in total. The normalized spacial score (nSPS) is 14.1. The van der Waals surface area contributed by atoms with Gasteiger partial charge in [-0.15, -0.1) is 0 Å². The monoisotopic (exact) mass is 239 g/mol. The zero-order valence-corrected chi connectivity index (χ0v) is 10.5. The SMILES string of the molecule is CC(O)CC(=C=O)C(C#N)C(=O)OC(C)(C)C. The van der Waals surface area contributed by atoms with Gasteiger partial charge in [0.15, 0.2) is 5.92 Å². The summed E-state index contributed by atoms with van der Waals surface area (Å²) in [6, 6.07) is 1.70. The minimum Gasteiger partial charge on any atom is -0.459 e. The molecule has 1 N–H and O–H groups in total. The first-order valence-electron chi connectivity index (χ1n) is 5.25.